The van der Waals surface area contributed by atoms with Gasteiger partial charge in [-0.05, 0) is 6.42 Å². The first-order valence-electron chi connectivity index (χ1n) is 8.76. The Morgan fingerprint density at radius 2 is 1.00 bits per heavy atom. The maximum absolute atomic E-state index is 10.4. The Kier molecular flexibility index (Phi) is 20.5. The van der Waals surface area contributed by atoms with Crippen LogP contribution in [0.4, 0.5) is 0 Å². The standard InChI is InChI=1S/C16H35O4P.Zn/c1-2-3-4-5-6-7-8-9-10-11-12-13-14-15-16-20-21(17,18)19;/h2-16H2,1H3,(H2,17,18,19);. The third-order valence-corrected chi connectivity index (χ3v) is 4.28. The van der Waals surface area contributed by atoms with Gasteiger partial charge in [-0.25, -0.2) is 4.57 Å². The van der Waals surface area contributed by atoms with Crippen molar-refractivity contribution in [2.24, 2.45) is 0 Å². The van der Waals surface area contributed by atoms with Crippen molar-refractivity contribution < 1.29 is 38.4 Å². The summed E-state index contributed by atoms with van der Waals surface area (Å²) in [5.41, 5.74) is 0. The van der Waals surface area contributed by atoms with Crippen molar-refractivity contribution >= 4 is 7.82 Å². The second kappa shape index (κ2) is 18.1. The van der Waals surface area contributed by atoms with Crippen molar-refractivity contribution in [3.63, 3.8) is 0 Å². The molecule has 130 valence electrons. The maximum Gasteiger partial charge on any atom is 0.469 e. The van der Waals surface area contributed by atoms with Crippen LogP contribution in [0, 0.1) is 0 Å². The van der Waals surface area contributed by atoms with Crippen molar-refractivity contribution in [3.05, 3.63) is 0 Å². The van der Waals surface area contributed by atoms with Crippen LogP contribution in [0.1, 0.15) is 96.8 Å². The quantitative estimate of drug-likeness (QED) is 0.206. The molecule has 0 radical (unpaired) electrons. The normalized spacial score (nSPS) is 11.4. The van der Waals surface area contributed by atoms with Crippen LogP contribution in [0.15, 0.2) is 0 Å². The molecule has 6 heteroatoms. The van der Waals surface area contributed by atoms with E-state index in [1.165, 1.54) is 70.6 Å². The summed E-state index contributed by atoms with van der Waals surface area (Å²) in [6.45, 7) is 2.42. The molecule has 0 aromatic rings. The molecule has 0 saturated heterocycles. The Hall–Kier alpha value is 0.733. The monoisotopic (exact) mass is 386 g/mol. The van der Waals surface area contributed by atoms with E-state index < -0.39 is 7.82 Å². The zero-order valence-corrected chi connectivity index (χ0v) is 18.3. The van der Waals surface area contributed by atoms with Gasteiger partial charge in [0.05, 0.1) is 6.61 Å². The molecule has 0 amide bonds. The molecule has 0 bridgehead atoms. The number of hydrogen-bond acceptors (Lipinski definition) is 2. The van der Waals surface area contributed by atoms with Crippen molar-refractivity contribution in [1.82, 2.24) is 0 Å². The van der Waals surface area contributed by atoms with Gasteiger partial charge < -0.3 is 9.79 Å². The molecule has 0 aromatic heterocycles. The van der Waals surface area contributed by atoms with Gasteiger partial charge >= 0.3 is 7.82 Å². The van der Waals surface area contributed by atoms with E-state index >= 15 is 0 Å². The Bertz CT molecular complexity index is 259. The van der Waals surface area contributed by atoms with Gasteiger partial charge in [0.1, 0.15) is 0 Å². The van der Waals surface area contributed by atoms with Crippen molar-refractivity contribution in [2.75, 3.05) is 6.61 Å². The smallest absolute Gasteiger partial charge is 0.303 e. The van der Waals surface area contributed by atoms with Gasteiger partial charge in [0.25, 0.3) is 0 Å². The summed E-state index contributed by atoms with van der Waals surface area (Å²) in [5.74, 6) is 0. The van der Waals surface area contributed by atoms with Crippen LogP contribution < -0.4 is 0 Å². The summed E-state index contributed by atoms with van der Waals surface area (Å²) in [7, 11) is -4.25. The van der Waals surface area contributed by atoms with Crippen molar-refractivity contribution in [2.45, 2.75) is 96.8 Å². The minimum absolute atomic E-state index is 0. The molecule has 22 heavy (non-hydrogen) atoms. The van der Waals surface area contributed by atoms with E-state index in [-0.39, 0.29) is 26.1 Å². The third kappa shape index (κ3) is 23.0. The van der Waals surface area contributed by atoms with Crippen molar-refractivity contribution in [3.8, 4) is 0 Å². The molecule has 0 spiro atoms. The van der Waals surface area contributed by atoms with Crippen LogP contribution in [0.5, 0.6) is 0 Å². The fourth-order valence-corrected chi connectivity index (χ4v) is 2.85. The predicted molar refractivity (Wildman–Crippen MR) is 88.3 cm³/mol. The first kappa shape index (κ1) is 25.0. The molecule has 0 unspecified atom stereocenters. The number of rotatable bonds is 16. The van der Waals surface area contributed by atoms with Crippen LogP contribution in [0.25, 0.3) is 0 Å². The largest absolute Gasteiger partial charge is 0.469 e. The molecule has 0 fully saturated rings. The van der Waals surface area contributed by atoms with E-state index in [1.54, 1.807) is 0 Å². The Morgan fingerprint density at radius 3 is 1.32 bits per heavy atom. The van der Waals surface area contributed by atoms with E-state index in [4.69, 9.17) is 9.79 Å². The van der Waals surface area contributed by atoms with Crippen LogP contribution >= 0.6 is 7.82 Å². The second-order valence-electron chi connectivity index (χ2n) is 5.92. The molecule has 0 aromatic carbocycles. The van der Waals surface area contributed by atoms with Gasteiger partial charge in [0.2, 0.25) is 0 Å². The molecule has 2 N–H and O–H groups in total. The molecule has 0 saturated carbocycles. The van der Waals surface area contributed by atoms with Gasteiger partial charge in [0.15, 0.2) is 0 Å². The summed E-state index contributed by atoms with van der Waals surface area (Å²) in [6.07, 6.45) is 17.8. The average Bonchev–Trinajstić information content (AvgIpc) is 2.42. The van der Waals surface area contributed by atoms with E-state index in [0.29, 0.717) is 0 Å². The van der Waals surface area contributed by atoms with Gasteiger partial charge in [-0.2, -0.15) is 0 Å². The van der Waals surface area contributed by atoms with Crippen LogP contribution in [0.2, 0.25) is 0 Å². The number of hydrogen-bond donors (Lipinski definition) is 2. The molecule has 0 heterocycles. The fraction of sp³-hybridized carbons (Fsp3) is 1.00. The zero-order valence-electron chi connectivity index (χ0n) is 14.5. The Labute approximate surface area is 149 Å². The maximum atomic E-state index is 10.4. The number of unbranched alkanes of at least 4 members (excludes halogenated alkanes) is 13. The number of phosphoric acid groups is 1. The summed E-state index contributed by atoms with van der Waals surface area (Å²) >= 11 is 0. The fourth-order valence-electron chi connectivity index (χ4n) is 2.48. The third-order valence-electron chi connectivity index (χ3n) is 3.76. The van der Waals surface area contributed by atoms with Gasteiger partial charge in [-0.1, -0.05) is 90.4 Å². The van der Waals surface area contributed by atoms with Crippen molar-refractivity contribution in [1.29, 1.82) is 0 Å². The zero-order chi connectivity index (χ0) is 15.8. The van der Waals surface area contributed by atoms with E-state index in [9.17, 15) is 4.57 Å². The summed E-state index contributed by atoms with van der Waals surface area (Å²) in [4.78, 5) is 17.0. The summed E-state index contributed by atoms with van der Waals surface area (Å²) in [6, 6.07) is 0. The van der Waals surface area contributed by atoms with Gasteiger partial charge in [0, 0.05) is 19.5 Å². The minimum Gasteiger partial charge on any atom is -0.303 e. The summed E-state index contributed by atoms with van der Waals surface area (Å²) in [5, 5.41) is 0. The Balaban J connectivity index is 0. The number of phosphoric ester groups is 1. The molecular formula is C16H35O4PZn. The first-order chi connectivity index (χ1) is 10.1. The molecule has 4 nitrogen and oxygen atoms in total. The average molecular weight is 388 g/mol. The topological polar surface area (TPSA) is 66.8 Å². The predicted octanol–water partition coefficient (Wildman–Crippen LogP) is 5.57. The van der Waals surface area contributed by atoms with E-state index in [0.717, 1.165) is 19.3 Å². The Morgan fingerprint density at radius 1 is 0.682 bits per heavy atom. The molecule has 0 aliphatic carbocycles. The first-order valence-corrected chi connectivity index (χ1v) is 10.3. The molecule has 0 aliphatic heterocycles. The van der Waals surface area contributed by atoms with Gasteiger partial charge in [-0.15, -0.1) is 0 Å². The van der Waals surface area contributed by atoms with Crippen LogP contribution in [-0.4, -0.2) is 16.4 Å². The van der Waals surface area contributed by atoms with Gasteiger partial charge in [-0.3, -0.25) is 4.52 Å². The molecule has 0 rings (SSSR count). The van der Waals surface area contributed by atoms with E-state index in [1.807, 2.05) is 0 Å². The summed E-state index contributed by atoms with van der Waals surface area (Å²) < 4.78 is 14.8. The molecule has 0 atom stereocenters. The minimum atomic E-state index is -4.25. The van der Waals surface area contributed by atoms with Crippen LogP contribution in [0.3, 0.4) is 0 Å². The second-order valence-corrected chi connectivity index (χ2v) is 7.16. The molecular weight excluding hydrogens is 353 g/mol. The van der Waals surface area contributed by atoms with E-state index in [2.05, 4.69) is 11.4 Å². The molecule has 0 aliphatic rings. The SMILES string of the molecule is CCCCCCCCCCCCCCCCOP(=O)(O)O.[Zn]. The van der Waals surface area contributed by atoms with Crippen LogP contribution in [-0.2, 0) is 28.6 Å².